The lowest BCUT2D eigenvalue weighted by Crippen LogP contribution is -2.36. The maximum Gasteiger partial charge on any atom is 0.333 e. The highest BCUT2D eigenvalue weighted by atomic mass is 35.5. The highest BCUT2D eigenvalue weighted by Gasteiger charge is 2.24. The van der Waals surface area contributed by atoms with Crippen molar-refractivity contribution in [1.82, 2.24) is 4.90 Å². The number of rotatable bonds is 5. The van der Waals surface area contributed by atoms with Crippen molar-refractivity contribution in [3.8, 4) is 11.1 Å². The lowest BCUT2D eigenvalue weighted by molar-refractivity contribution is -0.170. The van der Waals surface area contributed by atoms with E-state index < -0.39 is 24.1 Å². The second-order valence-corrected chi connectivity index (χ2v) is 8.80. The average molecular weight is 472 g/mol. The number of piperidine rings is 1. The quantitative estimate of drug-likeness (QED) is 0.347. The summed E-state index contributed by atoms with van der Waals surface area (Å²) in [5.41, 5.74) is 3.10. The minimum Gasteiger partial charge on any atom is -0.427 e. The summed E-state index contributed by atoms with van der Waals surface area (Å²) in [6, 6.07) is 17.6. The van der Waals surface area contributed by atoms with Crippen molar-refractivity contribution >= 4 is 30.3 Å². The van der Waals surface area contributed by atoms with E-state index in [2.05, 4.69) is 0 Å². The maximum atomic E-state index is 12.8. The first-order chi connectivity index (χ1) is 15.2. The molecule has 0 atom stereocenters. The molecule has 1 heterocycles. The van der Waals surface area contributed by atoms with E-state index in [0.717, 1.165) is 16.7 Å². The number of hydrogen-bond acceptors (Lipinski definition) is 5. The van der Waals surface area contributed by atoms with E-state index in [1.54, 1.807) is 25.7 Å². The molecule has 2 aromatic carbocycles. The largest absolute Gasteiger partial charge is 0.427 e. The summed E-state index contributed by atoms with van der Waals surface area (Å²) in [5, 5.41) is 0. The number of amides is 1. The fourth-order valence-corrected chi connectivity index (χ4v) is 3.33. The summed E-state index contributed by atoms with van der Waals surface area (Å²) in [6.07, 6.45) is 2.64. The van der Waals surface area contributed by atoms with Crippen LogP contribution in [0.4, 0.5) is 0 Å². The predicted molar refractivity (Wildman–Crippen MR) is 129 cm³/mol. The minimum atomic E-state index is -0.647. The molecule has 0 unspecified atom stereocenters. The van der Waals surface area contributed by atoms with Crippen molar-refractivity contribution in [2.45, 2.75) is 33.6 Å². The van der Waals surface area contributed by atoms with Crippen LogP contribution >= 0.6 is 12.4 Å². The molecule has 0 radical (unpaired) electrons. The third-order valence-electron chi connectivity index (χ3n) is 5.26. The van der Waals surface area contributed by atoms with Crippen LogP contribution in [0.25, 0.3) is 11.1 Å². The van der Waals surface area contributed by atoms with Gasteiger partial charge >= 0.3 is 11.9 Å². The third-order valence-corrected chi connectivity index (χ3v) is 5.26. The van der Waals surface area contributed by atoms with Crippen LogP contribution in [-0.4, -0.2) is 42.6 Å². The van der Waals surface area contributed by atoms with E-state index in [9.17, 15) is 14.4 Å². The molecule has 0 bridgehead atoms. The van der Waals surface area contributed by atoms with Gasteiger partial charge in [0.15, 0.2) is 0 Å². The van der Waals surface area contributed by atoms with Crippen LogP contribution in [-0.2, 0) is 19.1 Å². The Morgan fingerprint density at radius 1 is 0.879 bits per heavy atom. The highest BCUT2D eigenvalue weighted by molar-refractivity contribution is 5.95. The standard InChI is InChI=1S/C26H29NO5.ClH/c1-26(2,3)25(30)32-18-31-23(28)17-19-13-15-27(16-14-19)24(29)22-11-9-21(10-12-22)20-7-5-4-6-8-20;/h4-12,17H,13-16,18H2,1-3H3;1H. The van der Waals surface area contributed by atoms with Crippen molar-refractivity contribution in [3.05, 3.63) is 71.8 Å². The molecule has 0 N–H and O–H groups in total. The van der Waals surface area contributed by atoms with Crippen LogP contribution in [0.2, 0.25) is 0 Å². The second-order valence-electron chi connectivity index (χ2n) is 8.80. The van der Waals surface area contributed by atoms with E-state index in [4.69, 9.17) is 9.47 Å². The molecule has 2 aromatic rings. The molecule has 1 amide bonds. The molecule has 1 aliphatic rings. The number of carbonyl (C=O) groups excluding carboxylic acids is 3. The van der Waals surface area contributed by atoms with Crippen molar-refractivity contribution in [2.24, 2.45) is 5.41 Å². The molecular weight excluding hydrogens is 442 g/mol. The Balaban J connectivity index is 0.00000385. The fraction of sp³-hybridized carbons (Fsp3) is 0.346. The molecule has 7 heteroatoms. The number of hydrogen-bond donors (Lipinski definition) is 0. The fourth-order valence-electron chi connectivity index (χ4n) is 3.33. The van der Waals surface area contributed by atoms with E-state index in [0.29, 0.717) is 31.5 Å². The van der Waals surface area contributed by atoms with Gasteiger partial charge in [-0.2, -0.15) is 0 Å². The first kappa shape index (κ1) is 26.1. The first-order valence-electron chi connectivity index (χ1n) is 10.7. The van der Waals surface area contributed by atoms with Gasteiger partial charge in [-0.3, -0.25) is 9.59 Å². The third kappa shape index (κ3) is 7.46. The van der Waals surface area contributed by atoms with Gasteiger partial charge in [0.1, 0.15) is 0 Å². The number of esters is 2. The van der Waals surface area contributed by atoms with Crippen LogP contribution in [0, 0.1) is 5.41 Å². The van der Waals surface area contributed by atoms with E-state index in [1.807, 2.05) is 54.6 Å². The van der Waals surface area contributed by atoms with Crippen LogP contribution in [0.5, 0.6) is 0 Å². The Morgan fingerprint density at radius 2 is 1.45 bits per heavy atom. The number of carbonyl (C=O) groups is 3. The number of benzene rings is 2. The smallest absolute Gasteiger partial charge is 0.333 e. The molecule has 176 valence electrons. The van der Waals surface area contributed by atoms with Crippen LogP contribution < -0.4 is 0 Å². The van der Waals surface area contributed by atoms with Crippen molar-refractivity contribution in [1.29, 1.82) is 0 Å². The summed E-state index contributed by atoms with van der Waals surface area (Å²) in [6.45, 7) is 5.86. The summed E-state index contributed by atoms with van der Waals surface area (Å²) in [5.74, 6) is -0.986. The van der Waals surface area contributed by atoms with Crippen LogP contribution in [0.3, 0.4) is 0 Å². The average Bonchev–Trinajstić information content (AvgIpc) is 2.79. The summed E-state index contributed by atoms with van der Waals surface area (Å²) < 4.78 is 9.90. The van der Waals surface area contributed by atoms with Crippen molar-refractivity contribution in [2.75, 3.05) is 19.9 Å². The molecule has 0 aliphatic carbocycles. The SMILES string of the molecule is CC(C)(C)C(=O)OCOC(=O)C=C1CCN(C(=O)c2ccc(-c3ccccc3)cc2)CC1.Cl. The van der Waals surface area contributed by atoms with Crippen LogP contribution in [0.15, 0.2) is 66.2 Å². The summed E-state index contributed by atoms with van der Waals surface area (Å²) in [7, 11) is 0. The zero-order chi connectivity index (χ0) is 23.1. The Kier molecular flexibility index (Phi) is 9.23. The predicted octanol–water partition coefficient (Wildman–Crippen LogP) is 5.03. The summed E-state index contributed by atoms with van der Waals surface area (Å²) >= 11 is 0. The van der Waals surface area contributed by atoms with Crippen molar-refractivity contribution < 1.29 is 23.9 Å². The van der Waals surface area contributed by atoms with Gasteiger partial charge in [0.25, 0.3) is 5.91 Å². The highest BCUT2D eigenvalue weighted by Crippen LogP contribution is 2.22. The normalized spacial score (nSPS) is 13.5. The molecule has 1 saturated heterocycles. The zero-order valence-corrected chi connectivity index (χ0v) is 20.0. The van der Waals surface area contributed by atoms with Gasteiger partial charge in [0, 0.05) is 24.7 Å². The van der Waals surface area contributed by atoms with E-state index in [-0.39, 0.29) is 18.3 Å². The number of nitrogens with zero attached hydrogens (tertiary/aromatic N) is 1. The lowest BCUT2D eigenvalue weighted by Gasteiger charge is -2.28. The molecule has 0 spiro atoms. The van der Waals surface area contributed by atoms with E-state index in [1.165, 1.54) is 6.08 Å². The topological polar surface area (TPSA) is 72.9 Å². The Hall–Kier alpha value is -3.12. The molecular formula is C26H30ClNO5. The van der Waals surface area contributed by atoms with Gasteiger partial charge in [-0.15, -0.1) is 12.4 Å². The van der Waals surface area contributed by atoms with E-state index >= 15 is 0 Å². The molecule has 3 rings (SSSR count). The van der Waals surface area contributed by atoms with Gasteiger partial charge in [0.05, 0.1) is 5.41 Å². The lowest BCUT2D eigenvalue weighted by atomic mass is 9.98. The van der Waals surface area contributed by atoms with Gasteiger partial charge in [0.2, 0.25) is 6.79 Å². The van der Waals surface area contributed by atoms with Gasteiger partial charge in [-0.05, 0) is 56.9 Å². The zero-order valence-electron chi connectivity index (χ0n) is 19.2. The summed E-state index contributed by atoms with van der Waals surface area (Å²) in [4.78, 5) is 38.3. The van der Waals surface area contributed by atoms with Gasteiger partial charge < -0.3 is 14.4 Å². The maximum absolute atomic E-state index is 12.8. The molecule has 0 aromatic heterocycles. The number of halogens is 1. The Labute approximate surface area is 201 Å². The van der Waals surface area contributed by atoms with Crippen molar-refractivity contribution in [3.63, 3.8) is 0 Å². The Morgan fingerprint density at radius 3 is 2.03 bits per heavy atom. The van der Waals surface area contributed by atoms with Gasteiger partial charge in [-0.25, -0.2) is 4.79 Å². The number of likely N-dealkylation sites (tertiary alicyclic amines) is 1. The monoisotopic (exact) mass is 471 g/mol. The Bertz CT molecular complexity index is 984. The number of ether oxygens (including phenoxy) is 2. The molecule has 0 saturated carbocycles. The van der Waals surface area contributed by atoms with Gasteiger partial charge in [-0.1, -0.05) is 48.0 Å². The van der Waals surface area contributed by atoms with Crippen LogP contribution in [0.1, 0.15) is 44.0 Å². The molecule has 1 aliphatic heterocycles. The molecule has 6 nitrogen and oxygen atoms in total. The minimum absolute atomic E-state index is 0. The molecule has 1 fully saturated rings. The first-order valence-corrected chi connectivity index (χ1v) is 10.7. The molecule has 33 heavy (non-hydrogen) atoms. The second kappa shape index (κ2) is 11.7.